The lowest BCUT2D eigenvalue weighted by Crippen LogP contribution is -2.43. The van der Waals surface area contributed by atoms with Gasteiger partial charge >= 0.3 is 5.97 Å². The van der Waals surface area contributed by atoms with E-state index in [2.05, 4.69) is 47.9 Å². The summed E-state index contributed by atoms with van der Waals surface area (Å²) in [5.74, 6) is 0.0884. The molecule has 0 saturated carbocycles. The Labute approximate surface area is 192 Å². The van der Waals surface area contributed by atoms with E-state index in [1.54, 1.807) is 6.92 Å². The molecule has 2 unspecified atom stereocenters. The zero-order chi connectivity index (χ0) is 23.9. The molecule has 1 aliphatic heterocycles. The number of carbonyl (C=O) groups excluding carboxylic acids is 2. The maximum atomic E-state index is 12.4. The third kappa shape index (κ3) is 19.0. The zero-order valence-corrected chi connectivity index (χ0v) is 21.4. The molecule has 1 rings (SSSR count). The minimum absolute atomic E-state index is 0.211. The first-order chi connectivity index (χ1) is 15.0. The Morgan fingerprint density at radius 2 is 1.87 bits per heavy atom. The summed E-state index contributed by atoms with van der Waals surface area (Å²) in [5, 5.41) is 3.58. The molecule has 1 fully saturated rings. The van der Waals surface area contributed by atoms with Gasteiger partial charge in [0.15, 0.2) is 0 Å². The molecule has 1 N–H and O–H groups in total. The van der Waals surface area contributed by atoms with E-state index in [0.717, 1.165) is 58.2 Å². The summed E-state index contributed by atoms with van der Waals surface area (Å²) in [6.07, 6.45) is 11.4. The van der Waals surface area contributed by atoms with Gasteiger partial charge in [-0.1, -0.05) is 39.8 Å². The van der Waals surface area contributed by atoms with Crippen LogP contribution in [0.1, 0.15) is 93.4 Å². The van der Waals surface area contributed by atoms with Crippen molar-refractivity contribution in [1.82, 2.24) is 10.2 Å². The van der Waals surface area contributed by atoms with Gasteiger partial charge in [-0.05, 0) is 52.4 Å². The third-order valence-electron chi connectivity index (χ3n) is 4.67. The molecule has 0 aliphatic carbocycles. The van der Waals surface area contributed by atoms with Gasteiger partial charge < -0.3 is 19.7 Å². The van der Waals surface area contributed by atoms with E-state index >= 15 is 0 Å². The van der Waals surface area contributed by atoms with E-state index in [1.165, 1.54) is 6.92 Å². The van der Waals surface area contributed by atoms with Gasteiger partial charge in [0.1, 0.15) is 0 Å². The largest absolute Gasteiger partial charge is 0.466 e. The second-order valence-electron chi connectivity index (χ2n) is 7.45. The Bertz CT molecular complexity index is 455. The second kappa shape index (κ2) is 23.3. The fourth-order valence-electron chi connectivity index (χ4n) is 3.18. The van der Waals surface area contributed by atoms with Crippen molar-refractivity contribution in [2.45, 2.75) is 105 Å². The first kappa shape index (κ1) is 31.8. The maximum Gasteiger partial charge on any atom is 0.302 e. The number of amides is 1. The quantitative estimate of drug-likeness (QED) is 0.244. The molecule has 0 spiro atoms. The first-order valence-corrected chi connectivity index (χ1v) is 12.3. The summed E-state index contributed by atoms with van der Waals surface area (Å²) < 4.78 is 9.86. The zero-order valence-electron chi connectivity index (χ0n) is 21.4. The van der Waals surface area contributed by atoms with Crippen LogP contribution in [0.4, 0.5) is 0 Å². The predicted octanol–water partition coefficient (Wildman–Crippen LogP) is 5.11. The van der Waals surface area contributed by atoms with Crippen LogP contribution >= 0.6 is 0 Å². The molecule has 0 aromatic heterocycles. The van der Waals surface area contributed by atoms with Crippen LogP contribution in [0.25, 0.3) is 0 Å². The van der Waals surface area contributed by atoms with Crippen molar-refractivity contribution < 1.29 is 19.1 Å². The normalized spacial score (nSPS) is 16.2. The number of nitrogens with one attached hydrogen (secondary N) is 1. The molecule has 31 heavy (non-hydrogen) atoms. The van der Waals surface area contributed by atoms with Crippen molar-refractivity contribution in [3.63, 3.8) is 0 Å². The van der Waals surface area contributed by atoms with Crippen molar-refractivity contribution in [1.29, 1.82) is 0 Å². The van der Waals surface area contributed by atoms with Crippen molar-refractivity contribution >= 4 is 11.9 Å². The second-order valence-corrected chi connectivity index (χ2v) is 7.45. The van der Waals surface area contributed by atoms with E-state index in [1.807, 2.05) is 13.8 Å². The molecule has 1 aliphatic rings. The third-order valence-corrected chi connectivity index (χ3v) is 4.67. The van der Waals surface area contributed by atoms with Gasteiger partial charge in [-0.25, -0.2) is 0 Å². The minimum atomic E-state index is -0.211. The van der Waals surface area contributed by atoms with Crippen LogP contribution in [0, 0.1) is 0 Å². The summed E-state index contributed by atoms with van der Waals surface area (Å²) in [6, 6.07) is 0.842. The number of ether oxygens (including phenoxy) is 2. The molecule has 0 aromatic carbocycles. The highest BCUT2D eigenvalue weighted by molar-refractivity contribution is 5.76. The van der Waals surface area contributed by atoms with E-state index < -0.39 is 0 Å². The highest BCUT2D eigenvalue weighted by Crippen LogP contribution is 2.18. The van der Waals surface area contributed by atoms with Crippen molar-refractivity contribution in [3.8, 4) is 0 Å². The van der Waals surface area contributed by atoms with Gasteiger partial charge in [0, 0.05) is 51.7 Å². The molecule has 2 atom stereocenters. The molecule has 184 valence electrons. The lowest BCUT2D eigenvalue weighted by molar-refractivity contribution is -0.140. The van der Waals surface area contributed by atoms with Gasteiger partial charge in [-0.2, -0.15) is 0 Å². The van der Waals surface area contributed by atoms with Crippen LogP contribution in [0.2, 0.25) is 0 Å². The van der Waals surface area contributed by atoms with Crippen LogP contribution in [0.15, 0.2) is 12.2 Å². The smallest absolute Gasteiger partial charge is 0.302 e. The maximum absolute atomic E-state index is 12.4. The van der Waals surface area contributed by atoms with Crippen molar-refractivity contribution in [3.05, 3.63) is 12.2 Å². The SMILES string of the molecule is CC.CC/C=C\CC(C)NCC1CCCN1C(=O)CCCOCCC.CCOC(C)=O. The van der Waals surface area contributed by atoms with Crippen LogP contribution in [-0.4, -0.2) is 61.8 Å². The van der Waals surface area contributed by atoms with E-state index in [9.17, 15) is 9.59 Å². The van der Waals surface area contributed by atoms with Gasteiger partial charge in [-0.15, -0.1) is 0 Å². The van der Waals surface area contributed by atoms with Gasteiger partial charge in [0.25, 0.3) is 0 Å². The number of hydrogen-bond acceptors (Lipinski definition) is 5. The van der Waals surface area contributed by atoms with Crippen LogP contribution in [0.3, 0.4) is 0 Å². The first-order valence-electron chi connectivity index (χ1n) is 12.3. The molecule has 6 nitrogen and oxygen atoms in total. The Morgan fingerprint density at radius 3 is 2.42 bits per heavy atom. The number of nitrogens with zero attached hydrogens (tertiary/aromatic N) is 1. The Balaban J connectivity index is 0. The monoisotopic (exact) mass is 442 g/mol. The molecule has 0 radical (unpaired) electrons. The number of hydrogen-bond donors (Lipinski definition) is 1. The standard InChI is InChI=1S/C19H36N2O2.C4H8O2.C2H6/c1-4-6-7-10-17(3)20-16-18-11-8-13-21(18)19(22)12-9-15-23-14-5-2;1-3-6-4(2)5;1-2/h6-7,17-18,20H,4-5,8-16H2,1-3H3;3H2,1-2H3;1-2H3/b7-6-;;. The van der Waals surface area contributed by atoms with Gasteiger partial charge in [-0.3, -0.25) is 9.59 Å². The summed E-state index contributed by atoms with van der Waals surface area (Å²) in [4.78, 5) is 24.3. The summed E-state index contributed by atoms with van der Waals surface area (Å²) in [6.45, 7) is 17.5. The van der Waals surface area contributed by atoms with Crippen molar-refractivity contribution in [2.24, 2.45) is 0 Å². The Kier molecular flexibility index (Phi) is 23.9. The lowest BCUT2D eigenvalue weighted by atomic mass is 10.1. The number of rotatable bonds is 13. The summed E-state index contributed by atoms with van der Waals surface area (Å²) in [5.41, 5.74) is 0. The fraction of sp³-hybridized carbons (Fsp3) is 0.840. The minimum Gasteiger partial charge on any atom is -0.466 e. The van der Waals surface area contributed by atoms with E-state index in [0.29, 0.717) is 37.6 Å². The van der Waals surface area contributed by atoms with E-state index in [4.69, 9.17) is 4.74 Å². The van der Waals surface area contributed by atoms with Crippen LogP contribution < -0.4 is 5.32 Å². The molecule has 0 bridgehead atoms. The molecular formula is C25H50N2O4. The van der Waals surface area contributed by atoms with Gasteiger partial charge in [0.2, 0.25) is 5.91 Å². The molecule has 0 aromatic rings. The predicted molar refractivity (Wildman–Crippen MR) is 130 cm³/mol. The Hall–Kier alpha value is -1.40. The summed E-state index contributed by atoms with van der Waals surface area (Å²) in [7, 11) is 0. The average Bonchev–Trinajstić information content (AvgIpc) is 3.23. The van der Waals surface area contributed by atoms with Crippen LogP contribution in [-0.2, 0) is 19.1 Å². The molecular weight excluding hydrogens is 392 g/mol. The fourth-order valence-corrected chi connectivity index (χ4v) is 3.18. The number of likely N-dealkylation sites (tertiary alicyclic amines) is 1. The highest BCUT2D eigenvalue weighted by atomic mass is 16.5. The number of allylic oxidation sites excluding steroid dienone is 1. The average molecular weight is 443 g/mol. The summed E-state index contributed by atoms with van der Waals surface area (Å²) >= 11 is 0. The topological polar surface area (TPSA) is 67.9 Å². The van der Waals surface area contributed by atoms with E-state index in [-0.39, 0.29) is 5.97 Å². The molecule has 1 amide bonds. The van der Waals surface area contributed by atoms with Crippen molar-refractivity contribution in [2.75, 3.05) is 32.9 Å². The number of carbonyl (C=O) groups is 2. The lowest BCUT2D eigenvalue weighted by Gasteiger charge is -2.26. The highest BCUT2D eigenvalue weighted by Gasteiger charge is 2.28. The Morgan fingerprint density at radius 1 is 1.16 bits per heavy atom. The molecule has 6 heteroatoms. The van der Waals surface area contributed by atoms with Gasteiger partial charge in [0.05, 0.1) is 6.61 Å². The molecule has 1 heterocycles. The van der Waals surface area contributed by atoms with Crippen LogP contribution in [0.5, 0.6) is 0 Å². The number of esters is 1. The molecule has 1 saturated heterocycles.